The molecule has 0 N–H and O–H groups in total. The highest BCUT2D eigenvalue weighted by molar-refractivity contribution is 8.14. The fourth-order valence-corrected chi connectivity index (χ4v) is 3.52. The summed E-state index contributed by atoms with van der Waals surface area (Å²) in [5.41, 5.74) is 0.804. The lowest BCUT2D eigenvalue weighted by atomic mass is 10.1. The molecule has 2 rings (SSSR count). The molecule has 1 heterocycles. The number of halogens is 1. The van der Waals surface area contributed by atoms with Crippen molar-refractivity contribution in [1.82, 2.24) is 0 Å². The van der Waals surface area contributed by atoms with Crippen LogP contribution in [-0.4, -0.2) is 16.1 Å². The van der Waals surface area contributed by atoms with Gasteiger partial charge in [0.05, 0.1) is 0 Å². The van der Waals surface area contributed by atoms with Crippen LogP contribution in [0.3, 0.4) is 0 Å². The van der Waals surface area contributed by atoms with E-state index in [1.807, 2.05) is 19.9 Å². The monoisotopic (exact) mass is 244 g/mol. The minimum atomic E-state index is -0.278. The number of carbonyl (C=O) groups excluding carboxylic acids is 2. The van der Waals surface area contributed by atoms with Gasteiger partial charge in [0, 0.05) is 17.2 Å². The van der Waals surface area contributed by atoms with Crippen molar-refractivity contribution in [2.75, 3.05) is 5.75 Å². The highest BCUT2D eigenvalue weighted by atomic mass is 35.5. The molecule has 0 aromatic carbocycles. The second-order valence-corrected chi connectivity index (χ2v) is 6.15. The predicted molar refractivity (Wildman–Crippen MR) is 61.8 cm³/mol. The summed E-state index contributed by atoms with van der Waals surface area (Å²) >= 11 is 6.88. The third-order valence-electron chi connectivity index (χ3n) is 3.40. The summed E-state index contributed by atoms with van der Waals surface area (Å²) in [5, 5.41) is -0.113. The van der Waals surface area contributed by atoms with Gasteiger partial charge in [-0.3, -0.25) is 9.59 Å². The number of rotatable bonds is 2. The molecule has 1 aliphatic heterocycles. The summed E-state index contributed by atoms with van der Waals surface area (Å²) in [5.74, 6) is 0.919. The van der Waals surface area contributed by atoms with Crippen LogP contribution in [0.25, 0.3) is 0 Å². The van der Waals surface area contributed by atoms with Crippen molar-refractivity contribution in [3.05, 3.63) is 11.6 Å². The first-order valence-corrected chi connectivity index (χ1v) is 6.38. The Labute approximate surface area is 98.4 Å². The van der Waals surface area contributed by atoms with Gasteiger partial charge in [0.25, 0.3) is 0 Å². The molecule has 0 aromatic rings. The maximum Gasteiger partial charge on any atom is 0.225 e. The summed E-state index contributed by atoms with van der Waals surface area (Å²) in [4.78, 5) is 22.5. The Hall–Kier alpha value is -0.280. The molecule has 0 spiro atoms. The number of thioether (sulfide) groups is 1. The van der Waals surface area contributed by atoms with E-state index in [1.54, 1.807) is 0 Å². The summed E-state index contributed by atoms with van der Waals surface area (Å²) in [6.07, 6.45) is 2.80. The molecule has 0 unspecified atom stereocenters. The molecule has 2 fully saturated rings. The Bertz CT molecular complexity index is 360. The summed E-state index contributed by atoms with van der Waals surface area (Å²) in [7, 11) is 0. The van der Waals surface area contributed by atoms with E-state index in [9.17, 15) is 9.59 Å². The highest BCUT2D eigenvalue weighted by Gasteiger charge is 2.60. The van der Waals surface area contributed by atoms with Gasteiger partial charge in [0.1, 0.15) is 0 Å². The van der Waals surface area contributed by atoms with Gasteiger partial charge >= 0.3 is 0 Å². The van der Waals surface area contributed by atoms with Crippen molar-refractivity contribution in [2.24, 2.45) is 17.3 Å². The first-order chi connectivity index (χ1) is 6.94. The standard InChI is InChI=1S/C11H13ClO2S/c1-11(2)7(8(11)9(12)13)5-6-3-4-15-10(6)14/h5,7-8H,3-4H2,1-2H3/t7-,8+/m1/s1. The van der Waals surface area contributed by atoms with Crippen LogP contribution < -0.4 is 0 Å². The predicted octanol–water partition coefficient (Wildman–Crippen LogP) is 2.61. The van der Waals surface area contributed by atoms with Crippen molar-refractivity contribution in [3.8, 4) is 0 Å². The van der Waals surface area contributed by atoms with Crippen LogP contribution in [0.15, 0.2) is 11.6 Å². The van der Waals surface area contributed by atoms with Crippen LogP contribution in [0, 0.1) is 17.3 Å². The molecular formula is C11H13ClO2S. The quantitative estimate of drug-likeness (QED) is 0.553. The number of carbonyl (C=O) groups is 2. The summed E-state index contributed by atoms with van der Waals surface area (Å²) in [6, 6.07) is 0. The van der Waals surface area contributed by atoms with E-state index in [2.05, 4.69) is 0 Å². The lowest BCUT2D eigenvalue weighted by molar-refractivity contribution is -0.113. The summed E-state index contributed by atoms with van der Waals surface area (Å²) in [6.45, 7) is 4.04. The molecular weight excluding hydrogens is 232 g/mol. The lowest BCUT2D eigenvalue weighted by Crippen LogP contribution is -1.96. The van der Waals surface area contributed by atoms with E-state index in [0.29, 0.717) is 0 Å². The van der Waals surface area contributed by atoms with E-state index in [-0.39, 0.29) is 27.6 Å². The number of hydrogen-bond donors (Lipinski definition) is 0. The van der Waals surface area contributed by atoms with Crippen LogP contribution in [0.1, 0.15) is 20.3 Å². The van der Waals surface area contributed by atoms with E-state index >= 15 is 0 Å². The molecule has 0 radical (unpaired) electrons. The molecule has 2 nitrogen and oxygen atoms in total. The van der Waals surface area contributed by atoms with Crippen LogP contribution >= 0.6 is 23.4 Å². The van der Waals surface area contributed by atoms with Crippen molar-refractivity contribution in [2.45, 2.75) is 20.3 Å². The zero-order valence-corrected chi connectivity index (χ0v) is 10.3. The van der Waals surface area contributed by atoms with E-state index in [1.165, 1.54) is 11.8 Å². The van der Waals surface area contributed by atoms with E-state index in [4.69, 9.17) is 11.6 Å². The smallest absolute Gasteiger partial charge is 0.225 e. The minimum absolute atomic E-state index is 0.0701. The largest absolute Gasteiger partial charge is 0.282 e. The lowest BCUT2D eigenvalue weighted by Gasteiger charge is -1.97. The molecule has 1 aliphatic carbocycles. The number of allylic oxidation sites excluding steroid dienone is 1. The van der Waals surface area contributed by atoms with Gasteiger partial charge < -0.3 is 0 Å². The van der Waals surface area contributed by atoms with Crippen LogP contribution in [0.5, 0.6) is 0 Å². The third kappa shape index (κ3) is 1.87. The summed E-state index contributed by atoms with van der Waals surface area (Å²) < 4.78 is 0. The van der Waals surface area contributed by atoms with Gasteiger partial charge in [-0.15, -0.1) is 0 Å². The first kappa shape index (κ1) is 11.2. The maximum atomic E-state index is 11.4. The average Bonchev–Trinajstić information content (AvgIpc) is 2.47. The Morgan fingerprint density at radius 1 is 1.60 bits per heavy atom. The average molecular weight is 245 g/mol. The Kier molecular flexibility index (Phi) is 2.72. The fraction of sp³-hybridized carbons (Fsp3) is 0.636. The first-order valence-electron chi connectivity index (χ1n) is 5.01. The van der Waals surface area contributed by atoms with Crippen molar-refractivity contribution >= 4 is 33.7 Å². The highest BCUT2D eigenvalue weighted by Crippen LogP contribution is 2.60. The molecule has 82 valence electrons. The van der Waals surface area contributed by atoms with Gasteiger partial charge in [0.2, 0.25) is 10.4 Å². The molecule has 1 saturated heterocycles. The SMILES string of the molecule is CC1(C)[C@H](C=C2CCSC2=O)[C@H]1C(=O)Cl. The molecule has 15 heavy (non-hydrogen) atoms. The topological polar surface area (TPSA) is 34.1 Å². The van der Waals surface area contributed by atoms with Crippen LogP contribution in [-0.2, 0) is 9.59 Å². The Balaban J connectivity index is 2.15. The van der Waals surface area contributed by atoms with Gasteiger partial charge in [0.15, 0.2) is 0 Å². The Morgan fingerprint density at radius 2 is 2.27 bits per heavy atom. The maximum absolute atomic E-state index is 11.4. The van der Waals surface area contributed by atoms with Crippen molar-refractivity contribution < 1.29 is 9.59 Å². The van der Waals surface area contributed by atoms with E-state index in [0.717, 1.165) is 17.7 Å². The number of hydrogen-bond acceptors (Lipinski definition) is 3. The minimum Gasteiger partial charge on any atom is -0.282 e. The molecule has 1 saturated carbocycles. The second-order valence-electron chi connectivity index (χ2n) is 4.71. The van der Waals surface area contributed by atoms with Crippen molar-refractivity contribution in [3.63, 3.8) is 0 Å². The molecule has 4 heteroatoms. The zero-order chi connectivity index (χ0) is 11.2. The van der Waals surface area contributed by atoms with Crippen molar-refractivity contribution in [1.29, 1.82) is 0 Å². The Morgan fingerprint density at radius 3 is 2.67 bits per heavy atom. The second kappa shape index (κ2) is 3.63. The van der Waals surface area contributed by atoms with E-state index < -0.39 is 0 Å². The zero-order valence-electron chi connectivity index (χ0n) is 8.75. The van der Waals surface area contributed by atoms with Gasteiger partial charge in [-0.05, 0) is 29.4 Å². The van der Waals surface area contributed by atoms with Gasteiger partial charge in [-0.1, -0.05) is 31.7 Å². The van der Waals surface area contributed by atoms with Crippen LogP contribution in [0.2, 0.25) is 0 Å². The molecule has 2 atom stereocenters. The van der Waals surface area contributed by atoms with Crippen LogP contribution in [0.4, 0.5) is 0 Å². The molecule has 2 aliphatic rings. The molecule has 0 aromatic heterocycles. The van der Waals surface area contributed by atoms with Gasteiger partial charge in [-0.2, -0.15) is 0 Å². The molecule has 0 bridgehead atoms. The third-order valence-corrected chi connectivity index (χ3v) is 4.57. The fourth-order valence-electron chi connectivity index (χ4n) is 2.24. The van der Waals surface area contributed by atoms with Gasteiger partial charge in [-0.25, -0.2) is 0 Å². The normalized spacial score (nSPS) is 35.9. The molecule has 0 amide bonds.